The molecule has 2 amide bonds. The minimum Gasteiger partial charge on any atom is -0.457 e. The van der Waals surface area contributed by atoms with Gasteiger partial charge in [-0.2, -0.15) is 23.4 Å². The van der Waals surface area contributed by atoms with Crippen LogP contribution in [0.3, 0.4) is 0 Å². The summed E-state index contributed by atoms with van der Waals surface area (Å²) in [6.45, 7) is 7.22. The smallest absolute Gasteiger partial charge is 0.457 e. The maximum atomic E-state index is 15.7. The minimum absolute atomic E-state index is 0.00610. The fourth-order valence-electron chi connectivity index (χ4n) is 5.61. The molecule has 2 aliphatic heterocycles. The van der Waals surface area contributed by atoms with Gasteiger partial charge in [-0.1, -0.05) is 20.8 Å². The van der Waals surface area contributed by atoms with Crippen molar-refractivity contribution in [2.45, 2.75) is 64.7 Å². The quantitative estimate of drug-likeness (QED) is 0.304. The number of hydrogen-bond acceptors (Lipinski definition) is 6. The van der Waals surface area contributed by atoms with Gasteiger partial charge in [0.05, 0.1) is 17.1 Å². The van der Waals surface area contributed by atoms with Crippen LogP contribution in [0.15, 0.2) is 48.5 Å². The highest BCUT2D eigenvalue weighted by molar-refractivity contribution is 5.98. The van der Waals surface area contributed by atoms with Gasteiger partial charge in [0.15, 0.2) is 0 Å². The van der Waals surface area contributed by atoms with E-state index in [9.17, 15) is 22.8 Å². The molecule has 2 saturated heterocycles. The molecule has 2 aromatic carbocycles. The van der Waals surface area contributed by atoms with Gasteiger partial charge >= 0.3 is 12.1 Å². The third-order valence-corrected chi connectivity index (χ3v) is 7.95. The number of aromatic nitrogens is 2. The van der Waals surface area contributed by atoms with Gasteiger partial charge in [0.1, 0.15) is 17.3 Å². The summed E-state index contributed by atoms with van der Waals surface area (Å²) >= 11 is 0. The van der Waals surface area contributed by atoms with Crippen LogP contribution >= 0.6 is 0 Å². The van der Waals surface area contributed by atoms with Crippen LogP contribution in [0.4, 0.5) is 23.2 Å². The zero-order chi connectivity index (χ0) is 31.6. The summed E-state index contributed by atoms with van der Waals surface area (Å²) in [5, 5.41) is 11.6. The minimum atomic E-state index is -5.21. The lowest BCUT2D eigenvalue weighted by atomic mass is 10.0. The van der Waals surface area contributed by atoms with Crippen LogP contribution in [0.1, 0.15) is 57.2 Å². The molecule has 0 radical (unpaired) electrons. The molecule has 3 aromatic rings. The van der Waals surface area contributed by atoms with Gasteiger partial charge < -0.3 is 15.0 Å². The monoisotopic (exact) mass is 613 g/mol. The average Bonchev–Trinajstić information content (AvgIpc) is 3.31. The zero-order valence-corrected chi connectivity index (χ0v) is 24.8. The zero-order valence-electron chi connectivity index (χ0n) is 24.8. The molecule has 1 unspecified atom stereocenters. The number of rotatable bonds is 8. The van der Waals surface area contributed by atoms with Crippen molar-refractivity contribution in [3.63, 3.8) is 0 Å². The lowest BCUT2D eigenvalue weighted by Gasteiger charge is -2.35. The van der Waals surface area contributed by atoms with Crippen molar-refractivity contribution in [2.75, 3.05) is 24.5 Å². The lowest BCUT2D eigenvalue weighted by molar-refractivity contribution is -0.171. The molecule has 0 aliphatic carbocycles. The predicted octanol–water partition coefficient (Wildman–Crippen LogP) is 6.21. The summed E-state index contributed by atoms with van der Waals surface area (Å²) in [5.41, 5.74) is 2.04. The Kier molecular flexibility index (Phi) is 9.19. The van der Waals surface area contributed by atoms with Crippen LogP contribution in [-0.4, -0.2) is 58.8 Å². The maximum absolute atomic E-state index is 15.7. The first-order chi connectivity index (χ1) is 20.9. The van der Waals surface area contributed by atoms with Gasteiger partial charge in [-0.05, 0) is 80.2 Å². The Balaban J connectivity index is 1.51. The van der Waals surface area contributed by atoms with Crippen molar-refractivity contribution in [3.05, 3.63) is 65.6 Å². The van der Waals surface area contributed by atoms with Crippen molar-refractivity contribution in [1.29, 1.82) is 0 Å². The second kappa shape index (κ2) is 12.9. The summed E-state index contributed by atoms with van der Waals surface area (Å²) in [4.78, 5) is 27.3. The van der Waals surface area contributed by atoms with Crippen molar-refractivity contribution < 1.29 is 31.9 Å². The number of nitrogens with zero attached hydrogens (tertiary/aromatic N) is 4. The molecular formula is C32H35F4N5O3. The highest BCUT2D eigenvalue weighted by atomic mass is 19.4. The number of likely N-dealkylation sites (tertiary alicyclic amines) is 1. The Morgan fingerprint density at radius 2 is 1.80 bits per heavy atom. The number of alkyl halides is 3. The molecule has 2 fully saturated rings. The number of benzene rings is 2. The molecule has 3 heterocycles. The number of piperidine rings is 1. The number of halogens is 4. The van der Waals surface area contributed by atoms with Crippen molar-refractivity contribution in [1.82, 2.24) is 20.4 Å². The Hall–Kier alpha value is -4.06. The highest BCUT2D eigenvalue weighted by Gasteiger charge is 2.46. The average molecular weight is 614 g/mol. The summed E-state index contributed by atoms with van der Waals surface area (Å²) in [6.07, 6.45) is -4.41. The van der Waals surface area contributed by atoms with E-state index in [0.717, 1.165) is 23.4 Å². The van der Waals surface area contributed by atoms with Gasteiger partial charge in [0, 0.05) is 42.7 Å². The van der Waals surface area contributed by atoms with Gasteiger partial charge in [0.2, 0.25) is 5.91 Å². The van der Waals surface area contributed by atoms with Gasteiger partial charge in [-0.15, -0.1) is 0 Å². The summed E-state index contributed by atoms with van der Waals surface area (Å²) in [7, 11) is 0. The summed E-state index contributed by atoms with van der Waals surface area (Å²) < 4.78 is 63.2. The molecule has 1 aromatic heterocycles. The highest BCUT2D eigenvalue weighted by Crippen LogP contribution is 2.38. The van der Waals surface area contributed by atoms with E-state index >= 15 is 4.39 Å². The van der Waals surface area contributed by atoms with E-state index in [4.69, 9.17) is 4.74 Å². The number of nitrogens with one attached hydrogen (secondary N) is 1. The van der Waals surface area contributed by atoms with E-state index in [-0.39, 0.29) is 48.4 Å². The summed E-state index contributed by atoms with van der Waals surface area (Å²) in [6, 6.07) is 12.0. The molecule has 2 aliphatic rings. The molecule has 44 heavy (non-hydrogen) atoms. The van der Waals surface area contributed by atoms with Gasteiger partial charge in [-0.25, -0.2) is 4.39 Å². The number of hydrogen-bond donors (Lipinski definition) is 1. The van der Waals surface area contributed by atoms with Crippen molar-refractivity contribution >= 4 is 17.5 Å². The predicted molar refractivity (Wildman–Crippen MR) is 157 cm³/mol. The molecular weight excluding hydrogens is 578 g/mol. The third kappa shape index (κ3) is 7.01. The SMILES string of the molecule is CC1CC(=O)N(Cc2cc(F)c(N(C(=O)C(F)(F)F)C3CCNCC3)cc2Oc2ccc(-c3ccc(C(C)C)nn3)cc2)C1. The van der Waals surface area contributed by atoms with E-state index in [1.807, 2.05) is 32.9 Å². The van der Waals surface area contributed by atoms with E-state index in [1.165, 1.54) is 0 Å². The Labute approximate surface area is 253 Å². The normalized spacial score (nSPS) is 17.8. The van der Waals surface area contributed by atoms with Crippen LogP contribution < -0.4 is 15.0 Å². The molecule has 5 rings (SSSR count). The Bertz CT molecular complexity index is 1490. The molecule has 0 spiro atoms. The van der Waals surface area contributed by atoms with E-state index in [2.05, 4.69) is 15.5 Å². The van der Waals surface area contributed by atoms with Crippen LogP contribution in [-0.2, 0) is 16.1 Å². The second-order valence-corrected chi connectivity index (χ2v) is 11.8. The molecule has 8 nitrogen and oxygen atoms in total. The van der Waals surface area contributed by atoms with Crippen LogP contribution in [0.25, 0.3) is 11.3 Å². The van der Waals surface area contributed by atoms with E-state index < -0.39 is 29.6 Å². The molecule has 12 heteroatoms. The second-order valence-electron chi connectivity index (χ2n) is 11.8. The van der Waals surface area contributed by atoms with Crippen LogP contribution in [0, 0.1) is 11.7 Å². The topological polar surface area (TPSA) is 87.7 Å². The first-order valence-corrected chi connectivity index (χ1v) is 14.7. The maximum Gasteiger partial charge on any atom is 0.471 e. The number of carbonyl (C=O) groups excluding carboxylic acids is 2. The molecule has 0 bridgehead atoms. The molecule has 234 valence electrons. The van der Waals surface area contributed by atoms with Crippen molar-refractivity contribution in [3.8, 4) is 22.8 Å². The largest absolute Gasteiger partial charge is 0.471 e. The van der Waals surface area contributed by atoms with Gasteiger partial charge in [-0.3, -0.25) is 14.5 Å². The number of ether oxygens (including phenoxy) is 1. The molecule has 1 N–H and O–H groups in total. The third-order valence-electron chi connectivity index (χ3n) is 7.95. The lowest BCUT2D eigenvalue weighted by Crippen LogP contribution is -2.51. The number of anilines is 1. The van der Waals surface area contributed by atoms with Crippen LogP contribution in [0.2, 0.25) is 0 Å². The first-order valence-electron chi connectivity index (χ1n) is 14.7. The van der Waals surface area contributed by atoms with E-state index in [0.29, 0.717) is 42.4 Å². The standard InChI is InChI=1S/C32H35F4N5O3/c1-19(2)26-8-9-27(39-38-26)21-4-6-24(7-5-21)44-29-16-28(25(33)15-22(29)18-40-17-20(3)14-30(40)42)41(31(43)32(34,35)36)23-10-12-37-13-11-23/h4-9,15-16,19-20,23,37H,10-14,17-18H2,1-3H3. The Morgan fingerprint density at radius 1 is 1.09 bits per heavy atom. The summed E-state index contributed by atoms with van der Waals surface area (Å²) in [5.74, 6) is -2.52. The first kappa shape index (κ1) is 31.4. The molecule has 1 atom stereocenters. The number of amides is 2. The van der Waals surface area contributed by atoms with Crippen molar-refractivity contribution in [2.24, 2.45) is 5.92 Å². The van der Waals surface area contributed by atoms with Gasteiger partial charge in [0.25, 0.3) is 0 Å². The van der Waals surface area contributed by atoms with Crippen LogP contribution in [0.5, 0.6) is 11.5 Å². The fourth-order valence-corrected chi connectivity index (χ4v) is 5.61. The van der Waals surface area contributed by atoms with E-state index in [1.54, 1.807) is 29.2 Å². The Morgan fingerprint density at radius 3 is 2.36 bits per heavy atom. The fraction of sp³-hybridized carbons (Fsp3) is 0.438. The number of carbonyl (C=O) groups is 2. The molecule has 0 saturated carbocycles.